The molecular weight excluding hydrogens is 338 g/mol. The van der Waals surface area contributed by atoms with Crippen molar-refractivity contribution in [3.63, 3.8) is 0 Å². The van der Waals surface area contributed by atoms with Crippen molar-refractivity contribution < 1.29 is 9.85 Å². The maximum absolute atomic E-state index is 11.1. The number of hydrogen-bond donors (Lipinski definition) is 1. The summed E-state index contributed by atoms with van der Waals surface area (Å²) in [6, 6.07) is 11.1. The van der Waals surface area contributed by atoms with Crippen molar-refractivity contribution >= 4 is 29.0 Å². The first kappa shape index (κ1) is 18.8. The number of benzene rings is 2. The van der Waals surface area contributed by atoms with E-state index in [0.29, 0.717) is 0 Å². The van der Waals surface area contributed by atoms with Crippen molar-refractivity contribution in [3.05, 3.63) is 68.3 Å². The van der Waals surface area contributed by atoms with Crippen molar-refractivity contribution in [1.82, 2.24) is 0 Å². The van der Waals surface area contributed by atoms with Gasteiger partial charge in [-0.2, -0.15) is 5.10 Å². The van der Waals surface area contributed by atoms with Crippen molar-refractivity contribution in [2.75, 3.05) is 23.4 Å². The van der Waals surface area contributed by atoms with Crippen LogP contribution < -0.4 is 10.3 Å². The van der Waals surface area contributed by atoms with Gasteiger partial charge in [0.1, 0.15) is 5.69 Å². The predicted molar refractivity (Wildman–Crippen MR) is 101 cm³/mol. The first-order chi connectivity index (χ1) is 12.5. The highest BCUT2D eigenvalue weighted by Crippen LogP contribution is 2.28. The molecule has 1 N–H and O–H groups in total. The maximum atomic E-state index is 11.1. The summed E-state index contributed by atoms with van der Waals surface area (Å²) in [5.41, 5.74) is 3.81. The standard InChI is InChI=1S/C17H19N5O4/c1-3-20(4-2)14-7-5-13(6-8-14)12-18-19-16-10-9-15(21(23)24)11-17(16)22(25)26/h5-12,19H,3-4H2,1-2H3/b18-12-. The summed E-state index contributed by atoms with van der Waals surface area (Å²) in [7, 11) is 0. The summed E-state index contributed by atoms with van der Waals surface area (Å²) in [4.78, 5) is 22.6. The number of nitro groups is 2. The Bertz CT molecular complexity index is 816. The molecule has 0 aliphatic heterocycles. The summed E-state index contributed by atoms with van der Waals surface area (Å²) < 4.78 is 0. The smallest absolute Gasteiger partial charge is 0.301 e. The number of nitrogens with zero attached hydrogens (tertiary/aromatic N) is 4. The average Bonchev–Trinajstić information content (AvgIpc) is 2.64. The highest BCUT2D eigenvalue weighted by molar-refractivity contribution is 5.81. The second-order valence-electron chi connectivity index (χ2n) is 5.35. The van der Waals surface area contributed by atoms with Gasteiger partial charge in [0.2, 0.25) is 0 Å². The molecule has 0 fully saturated rings. The molecule has 0 radical (unpaired) electrons. The Morgan fingerprint density at radius 1 is 1.04 bits per heavy atom. The van der Waals surface area contributed by atoms with Crippen molar-refractivity contribution in [2.45, 2.75) is 13.8 Å². The van der Waals surface area contributed by atoms with Gasteiger partial charge in [-0.1, -0.05) is 12.1 Å². The fourth-order valence-corrected chi connectivity index (χ4v) is 2.42. The van der Waals surface area contributed by atoms with Crippen LogP contribution in [0.4, 0.5) is 22.7 Å². The molecule has 0 unspecified atom stereocenters. The SMILES string of the molecule is CCN(CC)c1ccc(/C=N\Nc2ccc([N+](=O)[O-])cc2[N+](=O)[O-])cc1. The molecule has 2 aromatic rings. The van der Waals surface area contributed by atoms with E-state index in [1.807, 2.05) is 24.3 Å². The largest absolute Gasteiger partial charge is 0.372 e. The first-order valence-electron chi connectivity index (χ1n) is 8.03. The highest BCUT2D eigenvalue weighted by atomic mass is 16.6. The molecule has 0 spiro atoms. The molecule has 0 amide bonds. The van der Waals surface area contributed by atoms with E-state index < -0.39 is 15.5 Å². The monoisotopic (exact) mass is 357 g/mol. The third-order valence-electron chi connectivity index (χ3n) is 3.81. The molecule has 0 saturated carbocycles. The van der Waals surface area contributed by atoms with Crippen LogP contribution in [0.2, 0.25) is 0 Å². The van der Waals surface area contributed by atoms with Crippen LogP contribution in [0.1, 0.15) is 19.4 Å². The van der Waals surface area contributed by atoms with Gasteiger partial charge in [-0.15, -0.1) is 0 Å². The topological polar surface area (TPSA) is 114 Å². The third-order valence-corrected chi connectivity index (χ3v) is 3.81. The highest BCUT2D eigenvalue weighted by Gasteiger charge is 2.19. The van der Waals surface area contributed by atoms with E-state index in [2.05, 4.69) is 29.3 Å². The van der Waals surface area contributed by atoms with Crippen LogP contribution in [0.3, 0.4) is 0 Å². The van der Waals surface area contributed by atoms with Gasteiger partial charge in [0.25, 0.3) is 5.69 Å². The van der Waals surface area contributed by atoms with E-state index in [1.165, 1.54) is 18.3 Å². The molecule has 26 heavy (non-hydrogen) atoms. The quantitative estimate of drug-likeness (QED) is 0.437. The van der Waals surface area contributed by atoms with Gasteiger partial charge >= 0.3 is 5.69 Å². The number of hydrogen-bond acceptors (Lipinski definition) is 7. The lowest BCUT2D eigenvalue weighted by atomic mass is 10.2. The Kier molecular flexibility index (Phi) is 6.20. The summed E-state index contributed by atoms with van der Waals surface area (Å²) in [5, 5.41) is 25.8. The van der Waals surface area contributed by atoms with Crippen molar-refractivity contribution in [2.24, 2.45) is 5.10 Å². The van der Waals surface area contributed by atoms with E-state index in [0.717, 1.165) is 30.4 Å². The van der Waals surface area contributed by atoms with Crippen LogP contribution in [0.15, 0.2) is 47.6 Å². The van der Waals surface area contributed by atoms with E-state index in [4.69, 9.17) is 0 Å². The Labute approximate surface area is 150 Å². The van der Waals surface area contributed by atoms with Crippen LogP contribution in [0.5, 0.6) is 0 Å². The Morgan fingerprint density at radius 2 is 1.69 bits per heavy atom. The normalized spacial score (nSPS) is 10.7. The molecule has 0 heterocycles. The maximum Gasteiger partial charge on any atom is 0.301 e. The van der Waals surface area contributed by atoms with Gasteiger partial charge in [0, 0.05) is 24.8 Å². The van der Waals surface area contributed by atoms with E-state index in [9.17, 15) is 20.2 Å². The van der Waals surface area contributed by atoms with E-state index in [1.54, 1.807) is 0 Å². The summed E-state index contributed by atoms with van der Waals surface area (Å²) in [6.45, 7) is 5.99. The number of anilines is 2. The number of rotatable bonds is 8. The van der Waals surface area contributed by atoms with E-state index in [-0.39, 0.29) is 11.4 Å². The fraction of sp³-hybridized carbons (Fsp3) is 0.235. The number of hydrazone groups is 1. The zero-order chi connectivity index (χ0) is 19.1. The average molecular weight is 357 g/mol. The predicted octanol–water partition coefficient (Wildman–Crippen LogP) is 3.80. The summed E-state index contributed by atoms with van der Waals surface area (Å²) in [6.07, 6.45) is 1.52. The van der Waals surface area contributed by atoms with E-state index >= 15 is 0 Å². The minimum Gasteiger partial charge on any atom is -0.372 e. The zero-order valence-corrected chi connectivity index (χ0v) is 14.5. The number of nitrogens with one attached hydrogen (secondary N) is 1. The molecule has 0 aliphatic carbocycles. The molecule has 0 aromatic heterocycles. The molecular formula is C17H19N5O4. The van der Waals surface area contributed by atoms with Gasteiger partial charge in [-0.05, 0) is 37.6 Å². The molecule has 2 rings (SSSR count). The molecule has 136 valence electrons. The molecule has 0 saturated heterocycles. The van der Waals surface area contributed by atoms with Crippen molar-refractivity contribution in [3.8, 4) is 0 Å². The van der Waals surface area contributed by atoms with Crippen LogP contribution >= 0.6 is 0 Å². The molecule has 2 aromatic carbocycles. The molecule has 0 aliphatic rings. The lowest BCUT2D eigenvalue weighted by molar-refractivity contribution is -0.393. The lowest BCUT2D eigenvalue weighted by Crippen LogP contribution is -2.21. The zero-order valence-electron chi connectivity index (χ0n) is 14.5. The van der Waals surface area contributed by atoms with Crippen LogP contribution in [-0.4, -0.2) is 29.2 Å². The fourth-order valence-electron chi connectivity index (χ4n) is 2.42. The molecule has 0 bridgehead atoms. The molecule has 0 atom stereocenters. The first-order valence-corrected chi connectivity index (χ1v) is 8.03. The minimum atomic E-state index is -0.691. The number of nitro benzene ring substituents is 2. The number of non-ortho nitro benzene ring substituents is 1. The van der Waals surface area contributed by atoms with Crippen LogP contribution in [0, 0.1) is 20.2 Å². The van der Waals surface area contributed by atoms with Gasteiger partial charge in [0.05, 0.1) is 22.1 Å². The van der Waals surface area contributed by atoms with Gasteiger partial charge < -0.3 is 4.90 Å². The summed E-state index contributed by atoms with van der Waals surface area (Å²) >= 11 is 0. The lowest BCUT2D eigenvalue weighted by Gasteiger charge is -2.20. The van der Waals surface area contributed by atoms with Gasteiger partial charge in [-0.25, -0.2) is 0 Å². The van der Waals surface area contributed by atoms with Gasteiger partial charge in [-0.3, -0.25) is 25.7 Å². The van der Waals surface area contributed by atoms with Crippen molar-refractivity contribution in [1.29, 1.82) is 0 Å². The second kappa shape index (κ2) is 8.56. The minimum absolute atomic E-state index is 0.0802. The Morgan fingerprint density at radius 3 is 2.23 bits per heavy atom. The molecule has 9 heteroatoms. The Hall–Kier alpha value is -3.49. The third kappa shape index (κ3) is 4.53. The van der Waals surface area contributed by atoms with Crippen LogP contribution in [-0.2, 0) is 0 Å². The summed E-state index contributed by atoms with van der Waals surface area (Å²) in [5.74, 6) is 0. The van der Waals surface area contributed by atoms with Gasteiger partial charge in [0.15, 0.2) is 0 Å². The Balaban J connectivity index is 2.13. The molecule has 9 nitrogen and oxygen atoms in total. The second-order valence-corrected chi connectivity index (χ2v) is 5.35. The van der Waals surface area contributed by atoms with Crippen LogP contribution in [0.25, 0.3) is 0 Å².